The van der Waals surface area contributed by atoms with Crippen LogP contribution in [-0.4, -0.2) is 15.9 Å². The standard InChI is InChI=1S/C18H20N4OS/c1-18(2,3)15-10-24-17(21-15)22-16(23)9-13-6-4-11-8-12(19)5-7-14(11)20-13/h4-8,10H,9,19H2,1-3H3,(H,21,22,23). The van der Waals surface area contributed by atoms with Gasteiger partial charge >= 0.3 is 0 Å². The van der Waals surface area contributed by atoms with E-state index in [-0.39, 0.29) is 17.7 Å². The van der Waals surface area contributed by atoms with Crippen LogP contribution in [0, 0.1) is 0 Å². The van der Waals surface area contributed by atoms with Crippen LogP contribution in [0.4, 0.5) is 10.8 Å². The molecule has 0 unspecified atom stereocenters. The second-order valence-corrected chi connectivity index (χ2v) is 7.63. The first-order chi connectivity index (χ1) is 11.3. The van der Waals surface area contributed by atoms with E-state index in [0.29, 0.717) is 10.8 Å². The van der Waals surface area contributed by atoms with Crippen molar-refractivity contribution in [2.75, 3.05) is 11.1 Å². The average Bonchev–Trinajstić information content (AvgIpc) is 2.96. The maximum absolute atomic E-state index is 12.2. The minimum Gasteiger partial charge on any atom is -0.399 e. The van der Waals surface area contributed by atoms with Gasteiger partial charge in [0.2, 0.25) is 5.91 Å². The van der Waals surface area contributed by atoms with Crippen LogP contribution >= 0.6 is 11.3 Å². The zero-order valence-corrected chi connectivity index (χ0v) is 14.8. The van der Waals surface area contributed by atoms with Crippen molar-refractivity contribution in [2.24, 2.45) is 0 Å². The quantitative estimate of drug-likeness (QED) is 0.712. The van der Waals surface area contributed by atoms with Gasteiger partial charge in [-0.15, -0.1) is 11.3 Å². The van der Waals surface area contributed by atoms with E-state index < -0.39 is 0 Å². The Balaban J connectivity index is 1.70. The molecule has 0 aliphatic rings. The van der Waals surface area contributed by atoms with Gasteiger partial charge in [-0.2, -0.15) is 0 Å². The minimum atomic E-state index is -0.118. The van der Waals surface area contributed by atoms with Gasteiger partial charge in [-0.3, -0.25) is 9.78 Å². The number of nitrogen functional groups attached to an aromatic ring is 1. The van der Waals surface area contributed by atoms with Crippen LogP contribution in [0.15, 0.2) is 35.7 Å². The molecule has 3 rings (SSSR count). The molecule has 0 spiro atoms. The summed E-state index contributed by atoms with van der Waals surface area (Å²) in [5.41, 5.74) is 8.97. The number of anilines is 2. The lowest BCUT2D eigenvalue weighted by molar-refractivity contribution is -0.115. The van der Waals surface area contributed by atoms with Crippen LogP contribution in [0.3, 0.4) is 0 Å². The van der Waals surface area contributed by atoms with Crippen molar-refractivity contribution in [1.29, 1.82) is 0 Å². The van der Waals surface area contributed by atoms with E-state index in [9.17, 15) is 4.79 Å². The van der Waals surface area contributed by atoms with E-state index in [1.54, 1.807) is 0 Å². The summed E-state index contributed by atoms with van der Waals surface area (Å²) in [7, 11) is 0. The zero-order valence-electron chi connectivity index (χ0n) is 14.0. The number of hydrogen-bond donors (Lipinski definition) is 2. The van der Waals surface area contributed by atoms with Crippen molar-refractivity contribution in [1.82, 2.24) is 9.97 Å². The fourth-order valence-electron chi connectivity index (χ4n) is 2.29. The lowest BCUT2D eigenvalue weighted by Crippen LogP contribution is -2.16. The Bertz CT molecular complexity index is 895. The van der Waals surface area contributed by atoms with Crippen LogP contribution in [0.25, 0.3) is 10.9 Å². The van der Waals surface area contributed by atoms with Crippen molar-refractivity contribution >= 4 is 39.0 Å². The maximum atomic E-state index is 12.2. The monoisotopic (exact) mass is 340 g/mol. The normalized spacial score (nSPS) is 11.6. The summed E-state index contributed by atoms with van der Waals surface area (Å²) in [6.07, 6.45) is 0.213. The number of thiazole rings is 1. The first-order valence-electron chi connectivity index (χ1n) is 7.72. The summed E-state index contributed by atoms with van der Waals surface area (Å²) in [6.45, 7) is 6.29. The molecule has 1 aromatic carbocycles. The molecule has 0 aliphatic heterocycles. The van der Waals surface area contributed by atoms with Crippen molar-refractivity contribution in [3.05, 3.63) is 47.1 Å². The fraction of sp³-hybridized carbons (Fsp3) is 0.278. The third-order valence-corrected chi connectivity index (χ3v) is 4.39. The highest BCUT2D eigenvalue weighted by Crippen LogP contribution is 2.26. The predicted molar refractivity (Wildman–Crippen MR) is 99.3 cm³/mol. The number of rotatable bonds is 3. The largest absolute Gasteiger partial charge is 0.399 e. The zero-order chi connectivity index (χ0) is 17.3. The van der Waals surface area contributed by atoms with Gasteiger partial charge in [-0.25, -0.2) is 4.98 Å². The molecule has 0 radical (unpaired) electrons. The molecule has 0 bridgehead atoms. The average molecular weight is 340 g/mol. The molecule has 5 nitrogen and oxygen atoms in total. The molecular weight excluding hydrogens is 320 g/mol. The molecule has 0 fully saturated rings. The topological polar surface area (TPSA) is 80.9 Å². The number of fused-ring (bicyclic) bond motifs is 1. The maximum Gasteiger partial charge on any atom is 0.232 e. The number of hydrogen-bond acceptors (Lipinski definition) is 5. The smallest absolute Gasteiger partial charge is 0.232 e. The number of nitrogens with two attached hydrogens (primary N) is 1. The molecule has 3 N–H and O–H groups in total. The number of pyridine rings is 1. The lowest BCUT2D eigenvalue weighted by atomic mass is 9.93. The molecule has 24 heavy (non-hydrogen) atoms. The van der Waals surface area contributed by atoms with Crippen molar-refractivity contribution in [3.63, 3.8) is 0 Å². The van der Waals surface area contributed by atoms with E-state index in [4.69, 9.17) is 5.73 Å². The van der Waals surface area contributed by atoms with E-state index in [1.165, 1.54) is 11.3 Å². The number of amides is 1. The molecule has 0 saturated carbocycles. The van der Waals surface area contributed by atoms with Crippen molar-refractivity contribution in [3.8, 4) is 0 Å². The summed E-state index contributed by atoms with van der Waals surface area (Å²) in [4.78, 5) is 21.2. The Labute approximate surface area is 144 Å². The number of aromatic nitrogens is 2. The Hall–Kier alpha value is -2.47. The van der Waals surface area contributed by atoms with Gasteiger partial charge in [0.1, 0.15) is 0 Å². The number of nitrogens with one attached hydrogen (secondary N) is 1. The number of carbonyl (C=O) groups is 1. The molecule has 0 saturated heterocycles. The Morgan fingerprint density at radius 3 is 2.71 bits per heavy atom. The second kappa shape index (κ2) is 6.20. The first-order valence-corrected chi connectivity index (χ1v) is 8.60. The Kier molecular flexibility index (Phi) is 4.24. The highest BCUT2D eigenvalue weighted by Gasteiger charge is 2.18. The molecule has 0 atom stereocenters. The van der Waals surface area contributed by atoms with Crippen LogP contribution in [-0.2, 0) is 16.6 Å². The van der Waals surface area contributed by atoms with E-state index >= 15 is 0 Å². The number of nitrogens with zero attached hydrogens (tertiary/aromatic N) is 2. The minimum absolute atomic E-state index is 0.0266. The van der Waals surface area contributed by atoms with E-state index in [1.807, 2.05) is 35.7 Å². The first kappa shape index (κ1) is 16.4. The van der Waals surface area contributed by atoms with Gasteiger partial charge in [0.15, 0.2) is 5.13 Å². The van der Waals surface area contributed by atoms with Crippen LogP contribution in [0.1, 0.15) is 32.2 Å². The van der Waals surface area contributed by atoms with Gasteiger partial charge in [0.05, 0.1) is 23.3 Å². The molecule has 3 aromatic rings. The molecule has 1 amide bonds. The van der Waals surface area contributed by atoms with Gasteiger partial charge < -0.3 is 11.1 Å². The second-order valence-electron chi connectivity index (χ2n) is 6.77. The van der Waals surface area contributed by atoms with Crippen LogP contribution < -0.4 is 11.1 Å². The van der Waals surface area contributed by atoms with Gasteiger partial charge in [-0.1, -0.05) is 26.8 Å². The van der Waals surface area contributed by atoms with Gasteiger partial charge in [0.25, 0.3) is 0 Å². The summed E-state index contributed by atoms with van der Waals surface area (Å²) in [6, 6.07) is 9.33. The fourth-order valence-corrected chi connectivity index (χ4v) is 3.24. The SMILES string of the molecule is CC(C)(C)c1csc(NC(=O)Cc2ccc3cc(N)ccc3n2)n1. The highest BCUT2D eigenvalue weighted by atomic mass is 32.1. The molecule has 6 heteroatoms. The molecule has 2 aromatic heterocycles. The number of benzene rings is 1. The van der Waals surface area contributed by atoms with E-state index in [2.05, 4.69) is 36.1 Å². The summed E-state index contributed by atoms with van der Waals surface area (Å²) in [5, 5.41) is 6.42. The molecule has 124 valence electrons. The Morgan fingerprint density at radius 2 is 2.00 bits per heavy atom. The van der Waals surface area contributed by atoms with Gasteiger partial charge in [-0.05, 0) is 24.3 Å². The summed E-state index contributed by atoms with van der Waals surface area (Å²) < 4.78 is 0. The van der Waals surface area contributed by atoms with Crippen molar-refractivity contribution < 1.29 is 4.79 Å². The number of carbonyl (C=O) groups excluding carboxylic acids is 1. The van der Waals surface area contributed by atoms with E-state index in [0.717, 1.165) is 22.3 Å². The highest BCUT2D eigenvalue weighted by molar-refractivity contribution is 7.13. The lowest BCUT2D eigenvalue weighted by Gasteiger charge is -2.14. The molecule has 2 heterocycles. The molecule has 0 aliphatic carbocycles. The summed E-state index contributed by atoms with van der Waals surface area (Å²) >= 11 is 1.44. The Morgan fingerprint density at radius 1 is 1.21 bits per heavy atom. The summed E-state index contributed by atoms with van der Waals surface area (Å²) in [5.74, 6) is -0.118. The van der Waals surface area contributed by atoms with Crippen LogP contribution in [0.2, 0.25) is 0 Å². The van der Waals surface area contributed by atoms with Gasteiger partial charge in [0, 0.05) is 21.9 Å². The van der Waals surface area contributed by atoms with Crippen molar-refractivity contribution in [2.45, 2.75) is 32.6 Å². The molecular formula is C18H20N4OS. The third kappa shape index (κ3) is 3.71. The predicted octanol–water partition coefficient (Wildman–Crippen LogP) is 3.75. The van der Waals surface area contributed by atoms with Crippen LogP contribution in [0.5, 0.6) is 0 Å². The third-order valence-electron chi connectivity index (χ3n) is 3.63.